The smallest absolute Gasteiger partial charge is 0.321 e. The lowest BCUT2D eigenvalue weighted by molar-refractivity contribution is 0.0959. The zero-order valence-corrected chi connectivity index (χ0v) is 19.8. The van der Waals surface area contributed by atoms with E-state index >= 15 is 0 Å². The van der Waals surface area contributed by atoms with Gasteiger partial charge in [-0.25, -0.2) is 19.2 Å². The van der Waals surface area contributed by atoms with E-state index in [1.807, 2.05) is 12.1 Å². The molecule has 1 aliphatic carbocycles. The van der Waals surface area contributed by atoms with Crippen molar-refractivity contribution in [3.63, 3.8) is 0 Å². The van der Waals surface area contributed by atoms with Crippen LogP contribution in [0.2, 0.25) is 0 Å². The molecule has 5 rings (SSSR count). The molecule has 1 saturated carbocycles. The summed E-state index contributed by atoms with van der Waals surface area (Å²) >= 11 is 1.26. The number of nitrogens with one attached hydrogen (secondary N) is 2. The highest BCUT2D eigenvalue weighted by Gasteiger charge is 2.45. The number of aryl methyl sites for hydroxylation is 1. The summed E-state index contributed by atoms with van der Waals surface area (Å²) in [5, 5.41) is 6.22. The van der Waals surface area contributed by atoms with Gasteiger partial charge in [-0.1, -0.05) is 12.1 Å². The van der Waals surface area contributed by atoms with Gasteiger partial charge in [-0.15, -0.1) is 0 Å². The molecule has 1 saturated heterocycles. The van der Waals surface area contributed by atoms with Gasteiger partial charge in [0.25, 0.3) is 5.91 Å². The summed E-state index contributed by atoms with van der Waals surface area (Å²) in [5.74, 6) is -0.227. The summed E-state index contributed by atoms with van der Waals surface area (Å²) in [6.07, 6.45) is 5.94. The van der Waals surface area contributed by atoms with Crippen molar-refractivity contribution in [1.29, 1.82) is 0 Å². The van der Waals surface area contributed by atoms with Crippen LogP contribution in [0.4, 0.5) is 14.9 Å². The van der Waals surface area contributed by atoms with E-state index in [0.29, 0.717) is 36.7 Å². The number of benzene rings is 1. The normalized spacial score (nSPS) is 19.8. The molecule has 1 unspecified atom stereocenters. The number of urea groups is 1. The first-order valence-corrected chi connectivity index (χ1v) is 12.0. The molecule has 8 nitrogen and oxygen atoms in total. The number of rotatable bonds is 5. The number of pyridine rings is 1. The molecule has 0 radical (unpaired) electrons. The van der Waals surface area contributed by atoms with Crippen molar-refractivity contribution in [1.82, 2.24) is 24.6 Å². The van der Waals surface area contributed by atoms with Crippen molar-refractivity contribution in [2.24, 2.45) is 0 Å². The first-order valence-electron chi connectivity index (χ1n) is 11.2. The van der Waals surface area contributed by atoms with Gasteiger partial charge in [-0.3, -0.25) is 4.79 Å². The summed E-state index contributed by atoms with van der Waals surface area (Å²) in [5.41, 5.74) is 2.27. The van der Waals surface area contributed by atoms with E-state index in [1.165, 1.54) is 31.0 Å². The molecule has 3 heterocycles. The fourth-order valence-electron chi connectivity index (χ4n) is 4.50. The first kappa shape index (κ1) is 22.4. The molecule has 2 N–H and O–H groups in total. The summed E-state index contributed by atoms with van der Waals surface area (Å²) in [4.78, 5) is 36.1. The Morgan fingerprint density at radius 3 is 2.74 bits per heavy atom. The highest BCUT2D eigenvalue weighted by Crippen LogP contribution is 2.43. The van der Waals surface area contributed by atoms with Crippen LogP contribution >= 0.6 is 11.5 Å². The minimum absolute atomic E-state index is 0.176. The fourth-order valence-corrected chi connectivity index (χ4v) is 5.25. The number of nitrogens with zero attached hydrogens (tertiary/aromatic N) is 4. The largest absolute Gasteiger partial charge is 0.354 e. The lowest BCUT2D eigenvalue weighted by atomic mass is 9.80. The maximum Gasteiger partial charge on any atom is 0.321 e. The molecular weight excluding hydrogens is 455 g/mol. The fraction of sp³-hybridized carbons (Fsp3) is 0.375. The van der Waals surface area contributed by atoms with Gasteiger partial charge < -0.3 is 15.5 Å². The van der Waals surface area contributed by atoms with Crippen LogP contribution in [0.15, 0.2) is 36.8 Å². The zero-order chi connectivity index (χ0) is 23.9. The van der Waals surface area contributed by atoms with Gasteiger partial charge in [0, 0.05) is 26.3 Å². The maximum absolute atomic E-state index is 14.5. The van der Waals surface area contributed by atoms with Crippen LogP contribution in [0.1, 0.15) is 57.4 Å². The number of anilines is 1. The molecule has 2 aliphatic rings. The second kappa shape index (κ2) is 8.75. The van der Waals surface area contributed by atoms with E-state index in [2.05, 4.69) is 25.0 Å². The van der Waals surface area contributed by atoms with Crippen LogP contribution in [0, 0.1) is 12.7 Å². The second-order valence-corrected chi connectivity index (χ2v) is 9.69. The van der Waals surface area contributed by atoms with Gasteiger partial charge >= 0.3 is 6.03 Å². The molecule has 3 aromatic rings. The molecule has 176 valence electrons. The number of carbonyl (C=O) groups excluding carboxylic acids is 2. The minimum atomic E-state index is -0.648. The molecular formula is C24H25FN6O2S. The summed E-state index contributed by atoms with van der Waals surface area (Å²) < 4.78 is 18.6. The van der Waals surface area contributed by atoms with E-state index in [1.54, 1.807) is 24.1 Å². The molecule has 10 heteroatoms. The van der Waals surface area contributed by atoms with E-state index in [4.69, 9.17) is 0 Å². The lowest BCUT2D eigenvalue weighted by Crippen LogP contribution is -2.38. The number of hydrogen-bond acceptors (Lipinski definition) is 6. The quantitative estimate of drug-likeness (QED) is 0.578. The molecule has 1 aromatic carbocycles. The SMILES string of the molecule is CNC(=O)c1ncc(C2CC2)cc1NC(=O)N1CCC(c2ccc(C)c(F)c2)(c2ncns2)C1. The Morgan fingerprint density at radius 1 is 1.24 bits per heavy atom. The monoisotopic (exact) mass is 480 g/mol. The predicted molar refractivity (Wildman–Crippen MR) is 127 cm³/mol. The highest BCUT2D eigenvalue weighted by molar-refractivity contribution is 7.05. The van der Waals surface area contributed by atoms with Crippen molar-refractivity contribution in [3.8, 4) is 0 Å². The lowest BCUT2D eigenvalue weighted by Gasteiger charge is -2.28. The average molecular weight is 481 g/mol. The molecule has 2 aromatic heterocycles. The average Bonchev–Trinajstić information content (AvgIpc) is 3.34. The third-order valence-electron chi connectivity index (χ3n) is 6.69. The van der Waals surface area contributed by atoms with Gasteiger partial charge in [0.2, 0.25) is 0 Å². The predicted octanol–water partition coefficient (Wildman–Crippen LogP) is 3.84. The molecule has 0 bridgehead atoms. The first-order chi connectivity index (χ1) is 16.4. The van der Waals surface area contributed by atoms with E-state index in [-0.39, 0.29) is 23.4 Å². The molecule has 0 spiro atoms. The Kier molecular flexibility index (Phi) is 5.76. The Bertz CT molecular complexity index is 1250. The van der Waals surface area contributed by atoms with E-state index in [0.717, 1.165) is 29.0 Å². The van der Waals surface area contributed by atoms with Crippen LogP contribution in [-0.4, -0.2) is 51.3 Å². The van der Waals surface area contributed by atoms with Gasteiger partial charge in [-0.05, 0) is 72.5 Å². The highest BCUT2D eigenvalue weighted by atomic mass is 32.1. The van der Waals surface area contributed by atoms with Gasteiger partial charge in [-0.2, -0.15) is 4.37 Å². The second-order valence-electron chi connectivity index (χ2n) is 8.91. The minimum Gasteiger partial charge on any atom is -0.354 e. The van der Waals surface area contributed by atoms with Crippen LogP contribution in [-0.2, 0) is 5.41 Å². The Balaban J connectivity index is 1.43. The standard InChI is InChI=1S/C24H25FN6O2S/c1-14-3-6-17(10-18(14)25)24(22-28-13-29-34-22)7-8-31(12-24)23(33)30-19-9-16(15-4-5-15)11-27-20(19)21(32)26-2/h3,6,9-11,13,15H,4-5,7-8,12H2,1-2H3,(H,26,32)(H,30,33). The van der Waals surface area contributed by atoms with E-state index < -0.39 is 5.41 Å². The Morgan fingerprint density at radius 2 is 2.06 bits per heavy atom. The van der Waals surface area contributed by atoms with Gasteiger partial charge in [0.15, 0.2) is 5.69 Å². The molecule has 34 heavy (non-hydrogen) atoms. The van der Waals surface area contributed by atoms with Crippen LogP contribution in [0.25, 0.3) is 0 Å². The van der Waals surface area contributed by atoms with Crippen molar-refractivity contribution in [2.75, 3.05) is 25.5 Å². The molecule has 1 aliphatic heterocycles. The topological polar surface area (TPSA) is 100 Å². The number of hydrogen-bond donors (Lipinski definition) is 2. The number of aromatic nitrogens is 3. The third-order valence-corrected chi connectivity index (χ3v) is 7.56. The van der Waals surface area contributed by atoms with Crippen molar-refractivity contribution in [2.45, 2.75) is 37.5 Å². The molecule has 1 atom stereocenters. The van der Waals surface area contributed by atoms with Crippen molar-refractivity contribution >= 4 is 29.2 Å². The van der Waals surface area contributed by atoms with Crippen LogP contribution in [0.3, 0.4) is 0 Å². The number of likely N-dealkylation sites (tertiary alicyclic amines) is 1. The molecule has 2 fully saturated rings. The summed E-state index contributed by atoms with van der Waals surface area (Å²) in [7, 11) is 1.53. The molecule has 3 amide bonds. The van der Waals surface area contributed by atoms with Gasteiger partial charge in [0.1, 0.15) is 17.2 Å². The number of amides is 3. The van der Waals surface area contributed by atoms with Gasteiger partial charge in [0.05, 0.1) is 11.1 Å². The van der Waals surface area contributed by atoms with Crippen LogP contribution in [0.5, 0.6) is 0 Å². The number of halogens is 1. The van der Waals surface area contributed by atoms with Crippen LogP contribution < -0.4 is 10.6 Å². The number of carbonyl (C=O) groups is 2. The maximum atomic E-state index is 14.5. The van der Waals surface area contributed by atoms with E-state index in [9.17, 15) is 14.0 Å². The Labute approximate surface area is 200 Å². The summed E-state index contributed by atoms with van der Waals surface area (Å²) in [6, 6.07) is 6.69. The third kappa shape index (κ3) is 4.02. The van der Waals surface area contributed by atoms with Crippen molar-refractivity contribution in [3.05, 3.63) is 70.0 Å². The zero-order valence-electron chi connectivity index (χ0n) is 19.0. The van der Waals surface area contributed by atoms with Crippen molar-refractivity contribution < 1.29 is 14.0 Å². The Hall–Kier alpha value is -3.40. The summed E-state index contributed by atoms with van der Waals surface area (Å²) in [6.45, 7) is 2.49.